The van der Waals surface area contributed by atoms with Crippen molar-refractivity contribution in [1.82, 2.24) is 9.88 Å². The number of H-pyrrole nitrogens is 1. The predicted molar refractivity (Wildman–Crippen MR) is 135 cm³/mol. The molecule has 4 aromatic rings. The first kappa shape index (κ1) is 22.9. The van der Waals surface area contributed by atoms with Gasteiger partial charge in [0.15, 0.2) is 0 Å². The van der Waals surface area contributed by atoms with E-state index < -0.39 is 0 Å². The predicted octanol–water partition coefficient (Wildman–Crippen LogP) is 6.52. The number of methoxy groups -OCH3 is 1. The fraction of sp³-hybridized carbons (Fsp3) is 0.308. The van der Waals surface area contributed by atoms with Crippen LogP contribution in [0.4, 0.5) is 4.39 Å². The van der Waals surface area contributed by atoms with Gasteiger partial charge >= 0.3 is 0 Å². The Morgan fingerprint density at radius 1 is 1.18 bits per heavy atom. The topological polar surface area (TPSA) is 62.4 Å². The SMILES string of the molecule is COc1ccc2[nH]c(=O)c(CN(C(=O)c3sc4cc(F)ccc4c3Cl)C3CCCCC3)cc2c1. The Morgan fingerprint density at radius 3 is 2.74 bits per heavy atom. The van der Waals surface area contributed by atoms with Gasteiger partial charge < -0.3 is 14.6 Å². The van der Waals surface area contributed by atoms with Gasteiger partial charge in [0.2, 0.25) is 0 Å². The van der Waals surface area contributed by atoms with E-state index in [1.165, 1.54) is 23.5 Å². The number of fused-ring (bicyclic) bond motifs is 2. The number of aromatic nitrogens is 1. The number of hydrogen-bond acceptors (Lipinski definition) is 4. The number of rotatable bonds is 5. The third-order valence-electron chi connectivity index (χ3n) is 6.53. The Bertz CT molecular complexity index is 1440. The number of aromatic amines is 1. The molecule has 1 aliphatic carbocycles. The van der Waals surface area contributed by atoms with Crippen LogP contribution in [0.3, 0.4) is 0 Å². The zero-order valence-corrected chi connectivity index (χ0v) is 20.3. The number of thiophene rings is 1. The van der Waals surface area contributed by atoms with E-state index in [0.29, 0.717) is 36.8 Å². The van der Waals surface area contributed by atoms with Gasteiger partial charge in [-0.25, -0.2) is 4.39 Å². The number of pyridine rings is 1. The Labute approximate surface area is 205 Å². The monoisotopic (exact) mass is 498 g/mol. The van der Waals surface area contributed by atoms with Crippen molar-refractivity contribution in [2.45, 2.75) is 44.7 Å². The maximum Gasteiger partial charge on any atom is 0.266 e. The Kier molecular flexibility index (Phi) is 6.32. The lowest BCUT2D eigenvalue weighted by atomic mass is 9.93. The van der Waals surface area contributed by atoms with Crippen molar-refractivity contribution in [3.05, 3.63) is 74.1 Å². The van der Waals surface area contributed by atoms with Gasteiger partial charge in [-0.05, 0) is 55.3 Å². The maximum absolute atomic E-state index is 13.8. The number of halogens is 2. The summed E-state index contributed by atoms with van der Waals surface area (Å²) in [6.07, 6.45) is 4.96. The highest BCUT2D eigenvalue weighted by Gasteiger charge is 2.30. The molecule has 2 aromatic carbocycles. The zero-order valence-electron chi connectivity index (χ0n) is 18.7. The molecule has 0 radical (unpaired) electrons. The number of hydrogen-bond donors (Lipinski definition) is 1. The van der Waals surface area contributed by atoms with E-state index in [9.17, 15) is 14.0 Å². The van der Waals surface area contributed by atoms with E-state index in [1.54, 1.807) is 30.2 Å². The van der Waals surface area contributed by atoms with Gasteiger partial charge in [-0.1, -0.05) is 30.9 Å². The van der Waals surface area contributed by atoms with Gasteiger partial charge in [0.05, 0.1) is 18.7 Å². The van der Waals surface area contributed by atoms with Crippen molar-refractivity contribution in [2.24, 2.45) is 0 Å². The third kappa shape index (κ3) is 4.30. The highest BCUT2D eigenvalue weighted by Crippen LogP contribution is 2.38. The van der Waals surface area contributed by atoms with Gasteiger partial charge in [-0.3, -0.25) is 9.59 Å². The van der Waals surface area contributed by atoms with E-state index in [1.807, 2.05) is 12.1 Å². The van der Waals surface area contributed by atoms with Crippen LogP contribution in [-0.4, -0.2) is 28.9 Å². The molecule has 5 rings (SSSR count). The van der Waals surface area contributed by atoms with Crippen molar-refractivity contribution >= 4 is 49.8 Å². The van der Waals surface area contributed by atoms with E-state index >= 15 is 0 Å². The normalized spacial score (nSPS) is 14.6. The molecular formula is C26H24ClFN2O3S. The molecule has 0 saturated heterocycles. The second kappa shape index (κ2) is 9.39. The van der Waals surface area contributed by atoms with Crippen LogP contribution in [0.5, 0.6) is 5.75 Å². The minimum atomic E-state index is -0.369. The molecule has 1 saturated carbocycles. The van der Waals surface area contributed by atoms with Crippen molar-refractivity contribution in [3.8, 4) is 5.75 Å². The fourth-order valence-corrected chi connectivity index (χ4v) is 6.22. The Morgan fingerprint density at radius 2 is 1.97 bits per heavy atom. The minimum absolute atomic E-state index is 0.0136. The summed E-state index contributed by atoms with van der Waals surface area (Å²) < 4.78 is 19.7. The molecule has 1 aliphatic rings. The van der Waals surface area contributed by atoms with Crippen LogP contribution in [0, 0.1) is 5.82 Å². The van der Waals surface area contributed by atoms with Gasteiger partial charge in [-0.15, -0.1) is 11.3 Å². The maximum atomic E-state index is 13.8. The summed E-state index contributed by atoms with van der Waals surface area (Å²) >= 11 is 7.79. The second-order valence-electron chi connectivity index (χ2n) is 8.69. The van der Waals surface area contributed by atoms with Crippen LogP contribution in [-0.2, 0) is 6.54 Å². The Hall–Kier alpha value is -2.90. The molecule has 0 spiro atoms. The molecule has 0 unspecified atom stereocenters. The third-order valence-corrected chi connectivity index (χ3v) is 8.18. The van der Waals surface area contributed by atoms with Crippen LogP contribution >= 0.6 is 22.9 Å². The van der Waals surface area contributed by atoms with Crippen LogP contribution in [0.15, 0.2) is 47.3 Å². The number of amides is 1. The molecule has 0 aliphatic heterocycles. The highest BCUT2D eigenvalue weighted by molar-refractivity contribution is 7.21. The first-order chi connectivity index (χ1) is 16.4. The van der Waals surface area contributed by atoms with Crippen LogP contribution in [0.2, 0.25) is 5.02 Å². The first-order valence-corrected chi connectivity index (χ1v) is 12.5. The van der Waals surface area contributed by atoms with E-state index in [-0.39, 0.29) is 29.9 Å². The number of benzene rings is 2. The molecule has 34 heavy (non-hydrogen) atoms. The molecule has 176 valence electrons. The second-order valence-corrected chi connectivity index (χ2v) is 10.1. The van der Waals surface area contributed by atoms with Crippen molar-refractivity contribution < 1.29 is 13.9 Å². The smallest absolute Gasteiger partial charge is 0.266 e. The standard InChI is InChI=1S/C26H24ClFN2O3S/c1-33-19-8-10-21-15(12-19)11-16(25(31)29-21)14-30(18-5-3-2-4-6-18)26(32)24-23(27)20-9-7-17(28)13-22(20)34-24/h7-13,18H,2-6,14H2,1H3,(H,29,31). The van der Waals surface area contributed by atoms with Gasteiger partial charge in [0.1, 0.15) is 16.4 Å². The molecule has 2 aromatic heterocycles. The fourth-order valence-electron chi connectivity index (χ4n) is 4.72. The number of nitrogens with zero attached hydrogens (tertiary/aromatic N) is 1. The highest BCUT2D eigenvalue weighted by atomic mass is 35.5. The van der Waals surface area contributed by atoms with E-state index in [4.69, 9.17) is 16.3 Å². The summed E-state index contributed by atoms with van der Waals surface area (Å²) in [4.78, 5) is 31.8. The molecular weight excluding hydrogens is 475 g/mol. The lowest BCUT2D eigenvalue weighted by Crippen LogP contribution is -2.41. The summed E-state index contributed by atoms with van der Waals surface area (Å²) in [7, 11) is 1.60. The average molecular weight is 499 g/mol. The molecule has 1 N–H and O–H groups in total. The lowest BCUT2D eigenvalue weighted by Gasteiger charge is -2.34. The number of carbonyl (C=O) groups excluding carboxylic acids is 1. The van der Waals surface area contributed by atoms with Crippen molar-refractivity contribution in [3.63, 3.8) is 0 Å². The first-order valence-electron chi connectivity index (χ1n) is 11.3. The molecule has 0 bridgehead atoms. The van der Waals surface area contributed by atoms with Crippen molar-refractivity contribution in [1.29, 1.82) is 0 Å². The van der Waals surface area contributed by atoms with Crippen LogP contribution in [0.1, 0.15) is 47.3 Å². The minimum Gasteiger partial charge on any atom is -0.497 e. The lowest BCUT2D eigenvalue weighted by molar-refractivity contribution is 0.0618. The quantitative estimate of drug-likeness (QED) is 0.341. The van der Waals surface area contributed by atoms with Crippen LogP contribution < -0.4 is 10.3 Å². The molecule has 5 nitrogen and oxygen atoms in total. The molecule has 2 heterocycles. The average Bonchev–Trinajstić information content (AvgIpc) is 3.17. The van der Waals surface area contributed by atoms with Crippen LogP contribution in [0.25, 0.3) is 21.0 Å². The van der Waals surface area contributed by atoms with Gasteiger partial charge in [-0.2, -0.15) is 0 Å². The van der Waals surface area contributed by atoms with Gasteiger partial charge in [0.25, 0.3) is 11.5 Å². The molecule has 8 heteroatoms. The summed E-state index contributed by atoms with van der Waals surface area (Å²) in [5.74, 6) is 0.102. The number of carbonyl (C=O) groups is 1. The largest absolute Gasteiger partial charge is 0.497 e. The molecule has 1 fully saturated rings. The number of ether oxygens (including phenoxy) is 1. The summed E-state index contributed by atoms with van der Waals surface area (Å²) in [6.45, 7) is 0.172. The van der Waals surface area contributed by atoms with Gasteiger partial charge in [0, 0.05) is 32.6 Å². The zero-order chi connectivity index (χ0) is 23.8. The molecule has 0 atom stereocenters. The summed E-state index contributed by atoms with van der Waals surface area (Å²) in [5.41, 5.74) is 0.985. The number of nitrogens with one attached hydrogen (secondary N) is 1. The molecule has 1 amide bonds. The summed E-state index contributed by atoms with van der Waals surface area (Å²) in [5, 5.41) is 1.83. The Balaban J connectivity index is 1.56. The van der Waals surface area contributed by atoms with E-state index in [2.05, 4.69) is 4.98 Å². The van der Waals surface area contributed by atoms with E-state index in [0.717, 1.165) is 37.5 Å². The van der Waals surface area contributed by atoms with Crippen molar-refractivity contribution in [2.75, 3.05) is 7.11 Å². The summed E-state index contributed by atoms with van der Waals surface area (Å²) in [6, 6.07) is 11.6.